The molecule has 0 aromatic carbocycles. The summed E-state index contributed by atoms with van der Waals surface area (Å²) in [6, 6.07) is 0. The Bertz CT molecular complexity index is 82.5. The second kappa shape index (κ2) is 6.54. The van der Waals surface area contributed by atoms with E-state index < -0.39 is 0 Å². The molecule has 0 spiro atoms. The first-order valence-electron chi connectivity index (χ1n) is 3.44. The van der Waals surface area contributed by atoms with Gasteiger partial charge in [-0.1, -0.05) is 0 Å². The number of hydrogen-bond donors (Lipinski definition) is 0. The first kappa shape index (κ1) is 10.8. The second-order valence-corrected chi connectivity index (χ2v) is 2.04. The normalized spacial score (nSPS) is 13.9. The van der Waals surface area contributed by atoms with Crippen molar-refractivity contribution in [2.75, 3.05) is 27.9 Å². The van der Waals surface area contributed by atoms with Gasteiger partial charge in [-0.2, -0.15) is 0 Å². The lowest BCUT2D eigenvalue weighted by Gasteiger charge is -2.16. The molecule has 0 aromatic rings. The Kier molecular flexibility index (Phi) is 6.45. The van der Waals surface area contributed by atoms with Gasteiger partial charge in [0.2, 0.25) is 0 Å². The zero-order valence-corrected chi connectivity index (χ0v) is 7.49. The van der Waals surface area contributed by atoms with Crippen LogP contribution in [0.15, 0.2) is 0 Å². The molecule has 0 fully saturated rings. The molecule has 0 aliphatic rings. The van der Waals surface area contributed by atoms with E-state index in [9.17, 15) is 0 Å². The molecule has 0 radical (unpaired) electrons. The summed E-state index contributed by atoms with van der Waals surface area (Å²) in [5.41, 5.74) is 0. The van der Waals surface area contributed by atoms with Gasteiger partial charge >= 0.3 is 0 Å². The van der Waals surface area contributed by atoms with E-state index in [1.165, 1.54) is 0 Å². The summed E-state index contributed by atoms with van der Waals surface area (Å²) >= 11 is 0. The summed E-state index contributed by atoms with van der Waals surface area (Å²) in [6.45, 7) is 2.18. The molecule has 0 N–H and O–H groups in total. The van der Waals surface area contributed by atoms with Crippen molar-refractivity contribution in [1.82, 2.24) is 0 Å². The summed E-state index contributed by atoms with van der Waals surface area (Å²) in [5, 5.41) is 0. The zero-order valence-electron chi connectivity index (χ0n) is 7.49. The Labute approximate surface area is 67.4 Å². The van der Waals surface area contributed by atoms with Gasteiger partial charge in [-0.05, 0) is 6.92 Å². The highest BCUT2D eigenvalue weighted by Gasteiger charge is 2.07. The molecule has 0 bridgehead atoms. The maximum Gasteiger partial charge on any atom is 0.180 e. The van der Waals surface area contributed by atoms with Gasteiger partial charge in [0.05, 0.1) is 0 Å². The maximum atomic E-state index is 5.16. The van der Waals surface area contributed by atoms with Gasteiger partial charge in [-0.3, -0.25) is 0 Å². The summed E-state index contributed by atoms with van der Waals surface area (Å²) in [5.74, 6) is 0. The number of methoxy groups -OCH3 is 3. The Hall–Kier alpha value is -0.160. The van der Waals surface area contributed by atoms with Crippen molar-refractivity contribution in [3.63, 3.8) is 0 Å². The molecule has 11 heavy (non-hydrogen) atoms. The van der Waals surface area contributed by atoms with Crippen LogP contribution >= 0.6 is 0 Å². The molecule has 0 saturated carbocycles. The molecule has 0 amide bonds. The van der Waals surface area contributed by atoms with Crippen molar-refractivity contribution in [3.8, 4) is 0 Å². The van der Waals surface area contributed by atoms with Gasteiger partial charge in [0, 0.05) is 21.3 Å². The smallest absolute Gasteiger partial charge is 0.180 e. The van der Waals surface area contributed by atoms with Gasteiger partial charge in [-0.15, -0.1) is 0 Å². The van der Waals surface area contributed by atoms with E-state index in [1.807, 2.05) is 6.92 Å². The third-order valence-corrected chi connectivity index (χ3v) is 1.32. The van der Waals surface area contributed by atoms with Crippen LogP contribution in [0.25, 0.3) is 0 Å². The van der Waals surface area contributed by atoms with Gasteiger partial charge in [0.25, 0.3) is 0 Å². The first-order chi connectivity index (χ1) is 5.24. The molecule has 4 nitrogen and oxygen atoms in total. The SMILES string of the molecule is COC(C)OCC(OC)OC. The van der Waals surface area contributed by atoms with Crippen LogP contribution in [0.3, 0.4) is 0 Å². The third kappa shape index (κ3) is 5.15. The molecule has 0 saturated heterocycles. The van der Waals surface area contributed by atoms with E-state index in [-0.39, 0.29) is 12.6 Å². The molecular weight excluding hydrogens is 148 g/mol. The predicted molar refractivity (Wildman–Crippen MR) is 40.2 cm³/mol. The molecule has 0 aliphatic heterocycles. The van der Waals surface area contributed by atoms with Gasteiger partial charge in [0.1, 0.15) is 6.61 Å². The van der Waals surface area contributed by atoms with Crippen LogP contribution in [0.4, 0.5) is 0 Å². The van der Waals surface area contributed by atoms with E-state index in [2.05, 4.69) is 0 Å². The lowest BCUT2D eigenvalue weighted by Crippen LogP contribution is -2.24. The first-order valence-corrected chi connectivity index (χ1v) is 3.44. The van der Waals surface area contributed by atoms with Crippen LogP contribution in [0.1, 0.15) is 6.92 Å². The van der Waals surface area contributed by atoms with Crippen LogP contribution in [-0.4, -0.2) is 40.5 Å². The van der Waals surface area contributed by atoms with Crippen LogP contribution < -0.4 is 0 Å². The van der Waals surface area contributed by atoms with Crippen LogP contribution in [-0.2, 0) is 18.9 Å². The van der Waals surface area contributed by atoms with Gasteiger partial charge < -0.3 is 18.9 Å². The fourth-order valence-electron chi connectivity index (χ4n) is 0.514. The van der Waals surface area contributed by atoms with Crippen molar-refractivity contribution >= 4 is 0 Å². The molecule has 0 aliphatic carbocycles. The Morgan fingerprint density at radius 2 is 1.55 bits per heavy atom. The molecule has 1 unspecified atom stereocenters. The Morgan fingerprint density at radius 1 is 1.00 bits per heavy atom. The lowest BCUT2D eigenvalue weighted by atomic mass is 10.6. The quantitative estimate of drug-likeness (QED) is 0.539. The Morgan fingerprint density at radius 3 is 1.91 bits per heavy atom. The molecule has 0 aromatic heterocycles. The molecule has 0 heterocycles. The van der Waals surface area contributed by atoms with E-state index in [0.29, 0.717) is 6.61 Å². The third-order valence-electron chi connectivity index (χ3n) is 1.32. The highest BCUT2D eigenvalue weighted by molar-refractivity contribution is 4.38. The maximum absolute atomic E-state index is 5.16. The van der Waals surface area contributed by atoms with Crippen molar-refractivity contribution in [2.45, 2.75) is 19.5 Å². The lowest BCUT2D eigenvalue weighted by molar-refractivity contribution is -0.189. The van der Waals surface area contributed by atoms with Crippen LogP contribution in [0.5, 0.6) is 0 Å². The average molecular weight is 164 g/mol. The van der Waals surface area contributed by atoms with E-state index in [0.717, 1.165) is 0 Å². The van der Waals surface area contributed by atoms with Crippen molar-refractivity contribution in [3.05, 3.63) is 0 Å². The topological polar surface area (TPSA) is 36.9 Å². The summed E-state index contributed by atoms with van der Waals surface area (Å²) in [4.78, 5) is 0. The van der Waals surface area contributed by atoms with Gasteiger partial charge in [-0.25, -0.2) is 0 Å². The monoisotopic (exact) mass is 164 g/mol. The minimum Gasteiger partial charge on any atom is -0.356 e. The molecular formula is C7H16O4. The molecule has 68 valence electrons. The predicted octanol–water partition coefficient (Wildman–Crippen LogP) is 0.614. The fraction of sp³-hybridized carbons (Fsp3) is 1.00. The van der Waals surface area contributed by atoms with E-state index in [4.69, 9.17) is 18.9 Å². The number of hydrogen-bond acceptors (Lipinski definition) is 4. The standard InChI is InChI=1S/C7H16O4/c1-6(8-2)11-5-7(9-3)10-4/h6-7H,5H2,1-4H3. The minimum absolute atomic E-state index is 0.220. The zero-order chi connectivity index (χ0) is 8.69. The summed E-state index contributed by atoms with van der Waals surface area (Å²) in [7, 11) is 4.71. The van der Waals surface area contributed by atoms with Crippen LogP contribution in [0, 0.1) is 0 Å². The highest BCUT2D eigenvalue weighted by atomic mass is 16.7. The molecule has 4 heteroatoms. The van der Waals surface area contributed by atoms with E-state index in [1.54, 1.807) is 21.3 Å². The van der Waals surface area contributed by atoms with Crippen molar-refractivity contribution < 1.29 is 18.9 Å². The molecule has 1 atom stereocenters. The van der Waals surface area contributed by atoms with Crippen molar-refractivity contribution in [2.24, 2.45) is 0 Å². The average Bonchev–Trinajstić information content (AvgIpc) is 2.06. The Balaban J connectivity index is 3.34. The highest BCUT2D eigenvalue weighted by Crippen LogP contribution is 1.96. The minimum atomic E-state index is -0.312. The van der Waals surface area contributed by atoms with Gasteiger partial charge in [0.15, 0.2) is 12.6 Å². The molecule has 0 rings (SSSR count). The second-order valence-electron chi connectivity index (χ2n) is 2.04. The largest absolute Gasteiger partial charge is 0.356 e. The summed E-state index contributed by atoms with van der Waals surface area (Å²) < 4.78 is 19.8. The van der Waals surface area contributed by atoms with Crippen molar-refractivity contribution in [1.29, 1.82) is 0 Å². The fourth-order valence-corrected chi connectivity index (χ4v) is 0.514. The summed E-state index contributed by atoms with van der Waals surface area (Å²) in [6.07, 6.45) is -0.532. The van der Waals surface area contributed by atoms with E-state index >= 15 is 0 Å². The van der Waals surface area contributed by atoms with Crippen LogP contribution in [0.2, 0.25) is 0 Å². The number of rotatable bonds is 6. The number of ether oxygens (including phenoxy) is 4.